The minimum Gasteiger partial charge on any atom is -0.497 e. The van der Waals surface area contributed by atoms with Crippen LogP contribution in [0.3, 0.4) is 0 Å². The molecule has 7 heteroatoms. The van der Waals surface area contributed by atoms with Gasteiger partial charge < -0.3 is 28.8 Å². The highest BCUT2D eigenvalue weighted by molar-refractivity contribution is 7.80. The average molecular weight is 413 g/mol. The molecule has 0 amide bonds. The highest BCUT2D eigenvalue weighted by Crippen LogP contribution is 2.26. The van der Waals surface area contributed by atoms with Crippen molar-refractivity contribution in [3.8, 4) is 17.2 Å². The highest BCUT2D eigenvalue weighted by Gasteiger charge is 2.16. The Balaban J connectivity index is 1.83. The van der Waals surface area contributed by atoms with Crippen LogP contribution >= 0.6 is 12.2 Å². The van der Waals surface area contributed by atoms with Crippen LogP contribution in [-0.2, 0) is 13.1 Å². The molecule has 1 N–H and O–H groups in total. The number of nitrogens with one attached hydrogen (secondary N) is 1. The molecule has 0 bridgehead atoms. The van der Waals surface area contributed by atoms with Crippen LogP contribution < -0.4 is 19.5 Å². The Morgan fingerprint density at radius 1 is 0.931 bits per heavy atom. The van der Waals surface area contributed by atoms with E-state index in [1.165, 1.54) is 0 Å². The maximum atomic E-state index is 5.70. The number of ether oxygens (including phenoxy) is 3. The van der Waals surface area contributed by atoms with Crippen molar-refractivity contribution in [3.63, 3.8) is 0 Å². The molecule has 1 heterocycles. The molecule has 3 rings (SSSR count). The van der Waals surface area contributed by atoms with Gasteiger partial charge in [0.05, 0.1) is 34.1 Å². The smallest absolute Gasteiger partial charge is 0.174 e. The first-order valence-electron chi connectivity index (χ1n) is 9.06. The van der Waals surface area contributed by atoms with E-state index < -0.39 is 0 Å². The molecule has 0 aliphatic rings. The predicted octanol–water partition coefficient (Wildman–Crippen LogP) is 4.70. The van der Waals surface area contributed by atoms with E-state index in [4.69, 9.17) is 30.8 Å². The molecule has 0 saturated heterocycles. The van der Waals surface area contributed by atoms with Crippen LogP contribution in [0.15, 0.2) is 65.3 Å². The fraction of sp³-hybridized carbons (Fsp3) is 0.227. The molecule has 6 nitrogen and oxygen atoms in total. The Morgan fingerprint density at radius 3 is 2.28 bits per heavy atom. The SMILES string of the molecule is COc1ccc(NC(=S)N(Cc2ccco2)Cc2cc(OC)ccc2OC)cc1. The maximum Gasteiger partial charge on any atom is 0.174 e. The summed E-state index contributed by atoms with van der Waals surface area (Å²) in [5.74, 6) is 3.12. The van der Waals surface area contributed by atoms with Crippen LogP contribution in [-0.4, -0.2) is 31.3 Å². The van der Waals surface area contributed by atoms with Crippen molar-refractivity contribution in [3.05, 3.63) is 72.2 Å². The topological polar surface area (TPSA) is 56.1 Å². The third-order valence-electron chi connectivity index (χ3n) is 4.40. The van der Waals surface area contributed by atoms with Gasteiger partial charge in [-0.2, -0.15) is 0 Å². The van der Waals surface area contributed by atoms with Gasteiger partial charge in [-0.05, 0) is 66.8 Å². The molecule has 29 heavy (non-hydrogen) atoms. The number of rotatable bonds is 8. The predicted molar refractivity (Wildman–Crippen MR) is 117 cm³/mol. The molecule has 0 fully saturated rings. The van der Waals surface area contributed by atoms with Crippen molar-refractivity contribution in [1.29, 1.82) is 0 Å². The second kappa shape index (κ2) is 9.84. The van der Waals surface area contributed by atoms with Gasteiger partial charge in [-0.3, -0.25) is 0 Å². The summed E-state index contributed by atoms with van der Waals surface area (Å²) in [5.41, 5.74) is 1.83. The molecule has 1 aromatic heterocycles. The third-order valence-corrected chi connectivity index (χ3v) is 4.76. The molecule has 0 saturated carbocycles. The van der Waals surface area contributed by atoms with Crippen molar-refractivity contribution in [2.75, 3.05) is 26.6 Å². The number of thiocarbonyl (C=S) groups is 1. The second-order valence-electron chi connectivity index (χ2n) is 6.27. The minimum atomic E-state index is 0.509. The zero-order chi connectivity index (χ0) is 20.6. The molecular formula is C22H24N2O4S. The van der Waals surface area contributed by atoms with Gasteiger partial charge in [0.25, 0.3) is 0 Å². The first kappa shape index (κ1) is 20.5. The average Bonchev–Trinajstić information content (AvgIpc) is 3.27. The van der Waals surface area contributed by atoms with Gasteiger partial charge in [0.1, 0.15) is 23.0 Å². The summed E-state index contributed by atoms with van der Waals surface area (Å²) in [6, 6.07) is 17.1. The Morgan fingerprint density at radius 2 is 1.66 bits per heavy atom. The molecule has 0 atom stereocenters. The lowest BCUT2D eigenvalue weighted by atomic mass is 10.1. The second-order valence-corrected chi connectivity index (χ2v) is 6.66. The standard InChI is InChI=1S/C22H24N2O4S/c1-25-18-8-6-17(7-9-18)23-22(29)24(15-20-5-4-12-28-20)14-16-13-19(26-2)10-11-21(16)27-3/h4-13H,14-15H2,1-3H3,(H,23,29). The van der Waals surface area contributed by atoms with E-state index in [2.05, 4.69) is 5.32 Å². The van der Waals surface area contributed by atoms with Crippen molar-refractivity contribution in [2.45, 2.75) is 13.1 Å². The van der Waals surface area contributed by atoms with Crippen molar-refractivity contribution in [1.82, 2.24) is 4.90 Å². The largest absolute Gasteiger partial charge is 0.497 e. The van der Waals surface area contributed by atoms with E-state index >= 15 is 0 Å². The number of methoxy groups -OCH3 is 3. The third kappa shape index (κ3) is 5.42. The molecule has 0 unspecified atom stereocenters. The normalized spacial score (nSPS) is 10.3. The molecule has 2 aromatic carbocycles. The Kier molecular flexibility index (Phi) is 6.97. The minimum absolute atomic E-state index is 0.509. The molecule has 152 valence electrons. The van der Waals surface area contributed by atoms with Crippen LogP contribution in [0, 0.1) is 0 Å². The van der Waals surface area contributed by atoms with Gasteiger partial charge in [-0.1, -0.05) is 0 Å². The van der Waals surface area contributed by atoms with Gasteiger partial charge in [-0.15, -0.1) is 0 Å². The van der Waals surface area contributed by atoms with Crippen molar-refractivity contribution < 1.29 is 18.6 Å². The molecule has 0 spiro atoms. The van der Waals surface area contributed by atoms with E-state index in [9.17, 15) is 0 Å². The number of nitrogens with zero attached hydrogens (tertiary/aromatic N) is 1. The summed E-state index contributed by atoms with van der Waals surface area (Å²) in [6.45, 7) is 1.03. The van der Waals surface area contributed by atoms with Crippen molar-refractivity contribution >= 4 is 23.0 Å². The van der Waals surface area contributed by atoms with Gasteiger partial charge in [0, 0.05) is 17.8 Å². The van der Waals surface area contributed by atoms with Gasteiger partial charge >= 0.3 is 0 Å². The quantitative estimate of drug-likeness (QED) is 0.538. The molecule has 3 aromatic rings. The first-order chi connectivity index (χ1) is 14.1. The lowest BCUT2D eigenvalue weighted by molar-refractivity contribution is 0.346. The van der Waals surface area contributed by atoms with Gasteiger partial charge in [0.15, 0.2) is 5.11 Å². The number of hydrogen-bond acceptors (Lipinski definition) is 5. The summed E-state index contributed by atoms with van der Waals surface area (Å²) in [6.07, 6.45) is 1.65. The number of anilines is 1. The molecule has 0 aliphatic heterocycles. The Hall–Kier alpha value is -3.19. The monoisotopic (exact) mass is 412 g/mol. The summed E-state index contributed by atoms with van der Waals surface area (Å²) >= 11 is 5.70. The van der Waals surface area contributed by atoms with Crippen LogP contribution in [0.4, 0.5) is 5.69 Å². The van der Waals surface area contributed by atoms with Gasteiger partial charge in [-0.25, -0.2) is 0 Å². The van der Waals surface area contributed by atoms with E-state index in [0.29, 0.717) is 18.2 Å². The van der Waals surface area contributed by atoms with Crippen LogP contribution in [0.1, 0.15) is 11.3 Å². The Labute approximate surface area is 176 Å². The number of hydrogen-bond donors (Lipinski definition) is 1. The Bertz CT molecular complexity index is 926. The lowest BCUT2D eigenvalue weighted by Gasteiger charge is -2.26. The lowest BCUT2D eigenvalue weighted by Crippen LogP contribution is -2.33. The summed E-state index contributed by atoms with van der Waals surface area (Å²) in [4.78, 5) is 2.01. The van der Waals surface area contributed by atoms with E-state index in [-0.39, 0.29) is 0 Å². The zero-order valence-corrected chi connectivity index (χ0v) is 17.5. The fourth-order valence-corrected chi connectivity index (χ4v) is 3.13. The molecule has 0 aliphatic carbocycles. The van der Waals surface area contributed by atoms with E-state index in [0.717, 1.165) is 34.3 Å². The molecule has 0 radical (unpaired) electrons. The van der Waals surface area contributed by atoms with Crippen LogP contribution in [0.25, 0.3) is 0 Å². The summed E-state index contributed by atoms with van der Waals surface area (Å²) < 4.78 is 21.6. The van der Waals surface area contributed by atoms with Gasteiger partial charge in [0.2, 0.25) is 0 Å². The number of benzene rings is 2. The maximum absolute atomic E-state index is 5.70. The van der Waals surface area contributed by atoms with E-state index in [1.807, 2.05) is 59.5 Å². The summed E-state index contributed by atoms with van der Waals surface area (Å²) in [5, 5.41) is 3.85. The fourth-order valence-electron chi connectivity index (χ4n) is 2.88. The van der Waals surface area contributed by atoms with Crippen molar-refractivity contribution in [2.24, 2.45) is 0 Å². The molecular weight excluding hydrogens is 388 g/mol. The van der Waals surface area contributed by atoms with Crippen LogP contribution in [0.5, 0.6) is 17.2 Å². The van der Waals surface area contributed by atoms with E-state index in [1.54, 1.807) is 27.6 Å². The summed E-state index contributed by atoms with van der Waals surface area (Å²) in [7, 11) is 4.93. The number of furan rings is 1. The zero-order valence-electron chi connectivity index (χ0n) is 16.7. The first-order valence-corrected chi connectivity index (χ1v) is 9.47. The highest BCUT2D eigenvalue weighted by atomic mass is 32.1. The van der Waals surface area contributed by atoms with Crippen LogP contribution in [0.2, 0.25) is 0 Å².